The Balaban J connectivity index is 2.36. The Morgan fingerprint density at radius 3 is 2.59 bits per heavy atom. The molecule has 3 N–H and O–H groups in total. The van der Waals surface area contributed by atoms with Gasteiger partial charge in [-0.05, 0) is 12.8 Å². The second kappa shape index (κ2) is 7.24. The second-order valence-electron chi connectivity index (χ2n) is 4.19. The van der Waals surface area contributed by atoms with Crippen LogP contribution in [0.1, 0.15) is 19.3 Å². The monoisotopic (exact) mass is 243 g/mol. The van der Waals surface area contributed by atoms with Crippen molar-refractivity contribution in [2.24, 2.45) is 5.73 Å². The van der Waals surface area contributed by atoms with Crippen molar-refractivity contribution in [3.8, 4) is 0 Å². The summed E-state index contributed by atoms with van der Waals surface area (Å²) < 4.78 is 4.87. The number of nitrogens with one attached hydrogen (secondary N) is 1. The fourth-order valence-corrected chi connectivity index (χ4v) is 1.88. The van der Waals surface area contributed by atoms with Gasteiger partial charge in [0.05, 0.1) is 19.1 Å². The maximum absolute atomic E-state index is 11.8. The molecule has 0 saturated carbocycles. The number of carbonyl (C=O) groups excluding carboxylic acids is 2. The molecule has 1 fully saturated rings. The number of amides is 2. The lowest BCUT2D eigenvalue weighted by Gasteiger charge is -2.19. The predicted molar refractivity (Wildman–Crippen MR) is 63.3 cm³/mol. The van der Waals surface area contributed by atoms with Crippen molar-refractivity contribution in [2.45, 2.75) is 25.3 Å². The lowest BCUT2D eigenvalue weighted by Crippen LogP contribution is -2.46. The molecule has 1 atom stereocenters. The first-order chi connectivity index (χ1) is 8.15. The summed E-state index contributed by atoms with van der Waals surface area (Å²) in [6, 6.07) is -0.599. The number of rotatable bonds is 7. The number of hydrogen-bond donors (Lipinski definition) is 2. The second-order valence-corrected chi connectivity index (χ2v) is 4.19. The van der Waals surface area contributed by atoms with Crippen LogP contribution in [0, 0.1) is 0 Å². The fourth-order valence-electron chi connectivity index (χ4n) is 1.88. The molecule has 98 valence electrons. The van der Waals surface area contributed by atoms with E-state index in [-0.39, 0.29) is 12.3 Å². The van der Waals surface area contributed by atoms with Crippen LogP contribution >= 0.6 is 0 Å². The Morgan fingerprint density at radius 2 is 2.06 bits per heavy atom. The Kier molecular flexibility index (Phi) is 5.93. The van der Waals surface area contributed by atoms with Gasteiger partial charge in [0.1, 0.15) is 0 Å². The van der Waals surface area contributed by atoms with Gasteiger partial charge in [-0.3, -0.25) is 9.59 Å². The van der Waals surface area contributed by atoms with Gasteiger partial charge < -0.3 is 20.7 Å². The van der Waals surface area contributed by atoms with Gasteiger partial charge in [-0.1, -0.05) is 0 Å². The minimum atomic E-state index is -0.599. The molecule has 6 heteroatoms. The number of methoxy groups -OCH3 is 1. The number of hydrogen-bond acceptors (Lipinski definition) is 4. The lowest BCUT2D eigenvalue weighted by atomic mass is 10.1. The summed E-state index contributed by atoms with van der Waals surface area (Å²) in [6.45, 7) is 2.59. The van der Waals surface area contributed by atoms with E-state index < -0.39 is 11.9 Å². The van der Waals surface area contributed by atoms with Crippen molar-refractivity contribution in [2.75, 3.05) is 33.4 Å². The van der Waals surface area contributed by atoms with E-state index in [1.54, 1.807) is 12.0 Å². The highest BCUT2D eigenvalue weighted by molar-refractivity contribution is 5.87. The zero-order valence-electron chi connectivity index (χ0n) is 10.3. The van der Waals surface area contributed by atoms with Crippen LogP contribution < -0.4 is 11.1 Å². The first-order valence-electron chi connectivity index (χ1n) is 5.94. The average Bonchev–Trinajstić information content (AvgIpc) is 2.81. The smallest absolute Gasteiger partial charge is 0.235 e. The number of carbonyl (C=O) groups is 2. The molecule has 0 bridgehead atoms. The fraction of sp³-hybridized carbons (Fsp3) is 0.818. The molecule has 6 nitrogen and oxygen atoms in total. The van der Waals surface area contributed by atoms with Crippen LogP contribution in [0.4, 0.5) is 0 Å². The molecule has 1 unspecified atom stereocenters. The first kappa shape index (κ1) is 13.9. The Bertz CT molecular complexity index is 265. The summed E-state index contributed by atoms with van der Waals surface area (Å²) in [5, 5.41) is 2.93. The molecule has 0 spiro atoms. The van der Waals surface area contributed by atoms with Crippen LogP contribution in [-0.2, 0) is 14.3 Å². The summed E-state index contributed by atoms with van der Waals surface area (Å²) >= 11 is 0. The normalized spacial score (nSPS) is 17.1. The summed E-state index contributed by atoms with van der Waals surface area (Å²) in [5.74, 6) is -0.495. The van der Waals surface area contributed by atoms with E-state index in [4.69, 9.17) is 10.5 Å². The number of nitrogens with two attached hydrogens (primary N) is 1. The van der Waals surface area contributed by atoms with E-state index in [0.29, 0.717) is 13.2 Å². The first-order valence-corrected chi connectivity index (χ1v) is 5.94. The van der Waals surface area contributed by atoms with Gasteiger partial charge in [-0.15, -0.1) is 0 Å². The quantitative estimate of drug-likeness (QED) is 0.567. The van der Waals surface area contributed by atoms with Crippen molar-refractivity contribution in [1.82, 2.24) is 10.2 Å². The number of nitrogens with zero attached hydrogens (tertiary/aromatic N) is 1. The Hall–Kier alpha value is -1.14. The van der Waals surface area contributed by atoms with Gasteiger partial charge in [0.15, 0.2) is 0 Å². The molecule has 0 radical (unpaired) electrons. The average molecular weight is 243 g/mol. The third-order valence-electron chi connectivity index (χ3n) is 2.88. The molecule has 1 heterocycles. The number of primary amides is 1. The summed E-state index contributed by atoms with van der Waals surface area (Å²) in [4.78, 5) is 24.8. The van der Waals surface area contributed by atoms with E-state index >= 15 is 0 Å². The highest BCUT2D eigenvalue weighted by Gasteiger charge is 2.24. The number of ether oxygens (including phenoxy) is 1. The maximum atomic E-state index is 11.8. The highest BCUT2D eigenvalue weighted by atomic mass is 16.5. The van der Waals surface area contributed by atoms with E-state index in [0.717, 1.165) is 25.9 Å². The molecular weight excluding hydrogens is 222 g/mol. The van der Waals surface area contributed by atoms with Crippen LogP contribution in [0.15, 0.2) is 0 Å². The van der Waals surface area contributed by atoms with Crippen LogP contribution in [0.2, 0.25) is 0 Å². The third-order valence-corrected chi connectivity index (χ3v) is 2.88. The van der Waals surface area contributed by atoms with Crippen molar-refractivity contribution in [1.29, 1.82) is 0 Å². The van der Waals surface area contributed by atoms with Crippen LogP contribution in [0.25, 0.3) is 0 Å². The summed E-state index contributed by atoms with van der Waals surface area (Å²) in [7, 11) is 1.58. The van der Waals surface area contributed by atoms with E-state index in [1.807, 2.05) is 0 Å². The van der Waals surface area contributed by atoms with Gasteiger partial charge in [-0.25, -0.2) is 0 Å². The summed E-state index contributed by atoms with van der Waals surface area (Å²) in [6.07, 6.45) is 2.23. The van der Waals surface area contributed by atoms with Gasteiger partial charge in [0.2, 0.25) is 11.8 Å². The SMILES string of the molecule is COCCNC(CC(=O)N1CCCC1)C(N)=O. The molecule has 1 aliphatic rings. The largest absolute Gasteiger partial charge is 0.383 e. The zero-order chi connectivity index (χ0) is 12.7. The maximum Gasteiger partial charge on any atom is 0.235 e. The zero-order valence-corrected chi connectivity index (χ0v) is 10.3. The minimum Gasteiger partial charge on any atom is -0.383 e. The van der Waals surface area contributed by atoms with Gasteiger partial charge in [0, 0.05) is 26.7 Å². The van der Waals surface area contributed by atoms with E-state index in [1.165, 1.54) is 0 Å². The molecule has 1 rings (SSSR count). The third kappa shape index (κ3) is 4.70. The lowest BCUT2D eigenvalue weighted by molar-refractivity contribution is -0.133. The van der Waals surface area contributed by atoms with Crippen LogP contribution in [-0.4, -0.2) is 56.1 Å². The number of likely N-dealkylation sites (tertiary alicyclic amines) is 1. The molecule has 2 amide bonds. The molecule has 0 aromatic carbocycles. The van der Waals surface area contributed by atoms with Gasteiger partial charge in [-0.2, -0.15) is 0 Å². The predicted octanol–water partition coefficient (Wildman–Crippen LogP) is -0.911. The molecular formula is C11H21N3O3. The molecule has 1 aliphatic heterocycles. The minimum absolute atomic E-state index is 0.00350. The highest BCUT2D eigenvalue weighted by Crippen LogP contribution is 2.09. The Morgan fingerprint density at radius 1 is 1.41 bits per heavy atom. The van der Waals surface area contributed by atoms with E-state index in [2.05, 4.69) is 5.32 Å². The molecule has 0 aliphatic carbocycles. The van der Waals surface area contributed by atoms with Crippen molar-refractivity contribution in [3.63, 3.8) is 0 Å². The van der Waals surface area contributed by atoms with Gasteiger partial charge >= 0.3 is 0 Å². The van der Waals surface area contributed by atoms with Crippen molar-refractivity contribution < 1.29 is 14.3 Å². The molecule has 0 aromatic rings. The van der Waals surface area contributed by atoms with Crippen LogP contribution in [0.3, 0.4) is 0 Å². The van der Waals surface area contributed by atoms with Gasteiger partial charge in [0.25, 0.3) is 0 Å². The van der Waals surface area contributed by atoms with Crippen molar-refractivity contribution >= 4 is 11.8 Å². The van der Waals surface area contributed by atoms with E-state index in [9.17, 15) is 9.59 Å². The topological polar surface area (TPSA) is 84.7 Å². The summed E-state index contributed by atoms with van der Waals surface area (Å²) in [5.41, 5.74) is 5.25. The molecule has 17 heavy (non-hydrogen) atoms. The van der Waals surface area contributed by atoms with Crippen molar-refractivity contribution in [3.05, 3.63) is 0 Å². The van der Waals surface area contributed by atoms with Crippen LogP contribution in [0.5, 0.6) is 0 Å². The molecule has 0 aromatic heterocycles. The standard InChI is InChI=1S/C11H21N3O3/c1-17-7-4-13-9(11(12)16)8-10(15)14-5-2-3-6-14/h9,13H,2-8H2,1H3,(H2,12,16). The molecule has 1 saturated heterocycles. The Labute approximate surface area is 101 Å².